The van der Waals surface area contributed by atoms with E-state index in [-0.39, 0.29) is 79.2 Å². The highest BCUT2D eigenvalue weighted by Gasteiger charge is 2.51. The normalized spacial score (nSPS) is 22.4. The first kappa shape index (κ1) is 56.3. The van der Waals surface area contributed by atoms with Crippen LogP contribution in [0.4, 0.5) is 24.5 Å². The van der Waals surface area contributed by atoms with Crippen LogP contribution in [0.15, 0.2) is 72.2 Å². The number of hydrogen-bond acceptors (Lipinski definition) is 14. The number of morpholine rings is 2. The van der Waals surface area contributed by atoms with Crippen molar-refractivity contribution in [3.8, 4) is 22.3 Å². The van der Waals surface area contributed by atoms with E-state index in [0.29, 0.717) is 57.4 Å². The van der Waals surface area contributed by atoms with Gasteiger partial charge in [-0.15, -0.1) is 11.3 Å². The second-order valence-electron chi connectivity index (χ2n) is 21.6. The fourth-order valence-corrected chi connectivity index (χ4v) is 11.7. The number of nitrogens with zero attached hydrogens (tertiary/aromatic N) is 7. The Morgan fingerprint density at radius 2 is 1.63 bits per heavy atom. The van der Waals surface area contributed by atoms with Crippen LogP contribution in [-0.2, 0) is 34.8 Å². The molecule has 4 aromatic rings. The van der Waals surface area contributed by atoms with Gasteiger partial charge in [0.05, 0.1) is 77.0 Å². The Kier molecular flexibility index (Phi) is 17.1. The number of amides is 3. The maximum Gasteiger partial charge on any atom is 0.417 e. The minimum atomic E-state index is -4.81. The molecule has 0 spiro atoms. The summed E-state index contributed by atoms with van der Waals surface area (Å²) in [4.78, 5) is 69.6. The van der Waals surface area contributed by atoms with Crippen molar-refractivity contribution in [3.05, 3.63) is 94.6 Å². The Hall–Kier alpha value is -5.86. The average molecular weight is 1090 g/mol. The van der Waals surface area contributed by atoms with Crippen LogP contribution < -0.4 is 19.9 Å². The van der Waals surface area contributed by atoms with Gasteiger partial charge in [-0.3, -0.25) is 33.9 Å². The first-order chi connectivity index (χ1) is 35.9. The summed E-state index contributed by atoms with van der Waals surface area (Å²) in [6, 6.07) is 18.2. The number of hydrogen-bond donors (Lipinski definition) is 2. The molecule has 406 valence electrons. The standard InChI is InChI=1S/C55H65F3N8O8S2/c1-33(35-8-10-36(11-9-35)48-34(2)60-32-76-48)61-49(69)47-24-41(68)27-64(47)50(70)46(53(3,4)5)23-40(67)26-62-18-20-72-43(28-62)29-63-19-21-73-44(30-63)31-74-42-16-14-38(15-17-42)66-52(75)65(51(71)54(66,6)7)39-13-12-37(25-59)45(22-39)55(56,57)58/h8-17,22,32-33,41,43-44,46-47,68H,18-21,23-24,26-31H2,1-7H3,(H,61,69)/t33-,41+,43+,44+,46+,47-/m0/s1. The largest absolute Gasteiger partial charge is 0.491 e. The van der Waals surface area contributed by atoms with Crippen LogP contribution in [0, 0.1) is 29.6 Å². The predicted molar refractivity (Wildman–Crippen MR) is 285 cm³/mol. The molecule has 76 heavy (non-hydrogen) atoms. The number of β-amino-alcohol motifs (C(OH)–C–C–N with tert-alkyl or cyclic N) is 1. The molecule has 3 aromatic carbocycles. The number of aryl methyl sites for hydroxylation is 1. The van der Waals surface area contributed by atoms with E-state index in [4.69, 9.17) is 26.4 Å². The molecular weight excluding hydrogens is 1020 g/mol. The molecule has 3 amide bonds. The summed E-state index contributed by atoms with van der Waals surface area (Å²) in [5, 5.41) is 23.1. The van der Waals surface area contributed by atoms with Crippen molar-refractivity contribution in [2.75, 3.05) is 75.4 Å². The lowest BCUT2D eigenvalue weighted by atomic mass is 9.76. The molecule has 0 bridgehead atoms. The van der Waals surface area contributed by atoms with Crippen LogP contribution in [-0.4, -0.2) is 149 Å². The number of ether oxygens (including phenoxy) is 3. The molecule has 2 N–H and O–H groups in total. The van der Waals surface area contributed by atoms with Gasteiger partial charge in [0.2, 0.25) is 11.8 Å². The zero-order valence-corrected chi connectivity index (χ0v) is 45.4. The summed E-state index contributed by atoms with van der Waals surface area (Å²) in [7, 11) is 0. The fourth-order valence-electron chi connectivity index (χ4n) is 10.4. The molecule has 0 unspecified atom stereocenters. The van der Waals surface area contributed by atoms with Crippen molar-refractivity contribution < 1.29 is 51.7 Å². The molecule has 4 aliphatic rings. The van der Waals surface area contributed by atoms with Crippen LogP contribution >= 0.6 is 23.6 Å². The number of aromatic nitrogens is 1. The van der Waals surface area contributed by atoms with Crippen LogP contribution in [0.3, 0.4) is 0 Å². The van der Waals surface area contributed by atoms with Crippen molar-refractivity contribution in [2.45, 2.75) is 103 Å². The highest BCUT2D eigenvalue weighted by atomic mass is 32.1. The summed E-state index contributed by atoms with van der Waals surface area (Å²) in [5.41, 5.74) is 1.55. The number of benzene rings is 3. The number of alkyl halides is 3. The minimum Gasteiger partial charge on any atom is -0.491 e. The van der Waals surface area contributed by atoms with E-state index in [0.717, 1.165) is 38.7 Å². The summed E-state index contributed by atoms with van der Waals surface area (Å²) in [6.45, 7) is 17.0. The quantitative estimate of drug-likeness (QED) is 0.108. The second-order valence-corrected chi connectivity index (χ2v) is 22.8. The molecule has 0 radical (unpaired) electrons. The molecule has 5 heterocycles. The summed E-state index contributed by atoms with van der Waals surface area (Å²) >= 11 is 7.25. The number of carbonyl (C=O) groups is 4. The monoisotopic (exact) mass is 1090 g/mol. The first-order valence-electron chi connectivity index (χ1n) is 25.4. The van der Waals surface area contributed by atoms with E-state index in [9.17, 15) is 42.7 Å². The molecule has 4 fully saturated rings. The van der Waals surface area contributed by atoms with Crippen LogP contribution in [0.5, 0.6) is 5.75 Å². The number of Topliss-reactive ketones (excluding diaryl/α,β-unsaturated/α-hetero) is 1. The van der Waals surface area contributed by atoms with E-state index >= 15 is 0 Å². The van der Waals surface area contributed by atoms with Gasteiger partial charge >= 0.3 is 6.18 Å². The number of rotatable bonds is 16. The number of thiazole rings is 1. The molecule has 4 aliphatic heterocycles. The Bertz CT molecular complexity index is 2830. The molecule has 0 saturated carbocycles. The smallest absolute Gasteiger partial charge is 0.417 e. The van der Waals surface area contributed by atoms with Gasteiger partial charge in [-0.05, 0) is 98.9 Å². The fraction of sp³-hybridized carbons (Fsp3) is 0.509. The van der Waals surface area contributed by atoms with Crippen molar-refractivity contribution in [3.63, 3.8) is 0 Å². The number of aliphatic hydroxyl groups is 1. The SMILES string of the molecule is Cc1ncsc1-c1ccc([C@H](C)NC(=O)[C@@H]2C[C@@H](O)CN2C(=O)[C@@H](CC(=O)CN2CCO[C@@H](CN3CCO[C@@H](COc4ccc(N5C(=S)N(c6ccc(C#N)c(C(F)(F)F)c6)C(=O)C5(C)C)cc4)C3)C2)C(C)(C)C)cc1. The molecule has 4 saturated heterocycles. The molecule has 8 rings (SSSR count). The molecule has 16 nitrogen and oxygen atoms in total. The van der Waals surface area contributed by atoms with E-state index in [1.807, 2.05) is 64.4 Å². The van der Waals surface area contributed by atoms with E-state index < -0.39 is 52.2 Å². The summed E-state index contributed by atoms with van der Waals surface area (Å²) in [6.07, 6.45) is -6.06. The molecule has 0 aliphatic carbocycles. The Morgan fingerprint density at radius 1 is 0.974 bits per heavy atom. The lowest BCUT2D eigenvalue weighted by Crippen LogP contribution is -2.53. The predicted octanol–water partition coefficient (Wildman–Crippen LogP) is 7.17. The molecular formula is C55H65F3N8O8S2. The Labute approximate surface area is 450 Å². The van der Waals surface area contributed by atoms with Gasteiger partial charge in [0, 0.05) is 63.7 Å². The van der Waals surface area contributed by atoms with Crippen molar-refractivity contribution >= 4 is 63.5 Å². The number of ketones is 1. The zero-order chi connectivity index (χ0) is 54.9. The maximum atomic E-state index is 14.4. The first-order valence-corrected chi connectivity index (χ1v) is 26.7. The minimum absolute atomic E-state index is 0.00526. The number of thiocarbonyl (C=S) groups is 1. The third-order valence-corrected chi connectivity index (χ3v) is 16.0. The van der Waals surface area contributed by atoms with Gasteiger partial charge in [0.25, 0.3) is 5.91 Å². The van der Waals surface area contributed by atoms with Crippen molar-refractivity contribution in [2.24, 2.45) is 11.3 Å². The Balaban J connectivity index is 0.810. The number of carbonyl (C=O) groups excluding carboxylic acids is 4. The zero-order valence-electron chi connectivity index (χ0n) is 43.8. The average Bonchev–Trinajstić information content (AvgIpc) is 4.07. The number of anilines is 2. The third-order valence-electron chi connectivity index (χ3n) is 14.6. The topological polar surface area (TPSA) is 181 Å². The number of aliphatic hydroxyl groups excluding tert-OH is 1. The molecule has 6 atom stereocenters. The van der Waals surface area contributed by atoms with Crippen molar-refractivity contribution in [1.29, 1.82) is 5.26 Å². The number of halogens is 3. The highest BCUT2D eigenvalue weighted by molar-refractivity contribution is 7.81. The van der Waals surface area contributed by atoms with Gasteiger partial charge < -0.3 is 34.4 Å². The lowest BCUT2D eigenvalue weighted by molar-refractivity contribution is -0.146. The summed E-state index contributed by atoms with van der Waals surface area (Å²) < 4.78 is 59.8. The highest BCUT2D eigenvalue weighted by Crippen LogP contribution is 2.41. The Morgan fingerprint density at radius 3 is 2.28 bits per heavy atom. The van der Waals surface area contributed by atoms with Crippen LogP contribution in [0.25, 0.3) is 10.4 Å². The van der Waals surface area contributed by atoms with Gasteiger partial charge in [-0.2, -0.15) is 18.4 Å². The maximum absolute atomic E-state index is 14.4. The third kappa shape index (κ3) is 12.6. The van der Waals surface area contributed by atoms with E-state index in [1.165, 1.54) is 11.0 Å². The summed E-state index contributed by atoms with van der Waals surface area (Å²) in [5.74, 6) is -1.50. The van der Waals surface area contributed by atoms with Crippen LogP contribution in [0.2, 0.25) is 0 Å². The molecule has 1 aromatic heterocycles. The van der Waals surface area contributed by atoms with Gasteiger partial charge in [0.15, 0.2) is 5.11 Å². The number of nitriles is 1. The van der Waals surface area contributed by atoms with Crippen LogP contribution in [0.1, 0.15) is 82.8 Å². The van der Waals surface area contributed by atoms with E-state index in [2.05, 4.69) is 20.1 Å². The van der Waals surface area contributed by atoms with Gasteiger partial charge in [-0.1, -0.05) is 45.0 Å². The lowest BCUT2D eigenvalue weighted by Gasteiger charge is -2.39. The second kappa shape index (κ2) is 23.0. The van der Waals surface area contributed by atoms with Crippen molar-refractivity contribution in [1.82, 2.24) is 25.0 Å². The number of nitrogens with one attached hydrogen (secondary N) is 1. The number of likely N-dealkylation sites (tertiary alicyclic amines) is 1. The van der Waals surface area contributed by atoms with E-state index in [1.54, 1.807) is 60.4 Å². The van der Waals surface area contributed by atoms with Gasteiger partial charge in [-0.25, -0.2) is 4.98 Å². The van der Waals surface area contributed by atoms with Gasteiger partial charge in [0.1, 0.15) is 35.8 Å². The molecule has 21 heteroatoms.